The summed E-state index contributed by atoms with van der Waals surface area (Å²) in [6.07, 6.45) is 1.41. The van der Waals surface area contributed by atoms with Gasteiger partial charge in [0.25, 0.3) is 0 Å². The van der Waals surface area contributed by atoms with Crippen molar-refractivity contribution in [3.8, 4) is 5.69 Å². The van der Waals surface area contributed by atoms with Gasteiger partial charge >= 0.3 is 5.82 Å². The molecule has 0 aliphatic rings. The van der Waals surface area contributed by atoms with Crippen molar-refractivity contribution in [2.75, 3.05) is 5.73 Å². The molecule has 0 radical (unpaired) electrons. The first-order valence-electron chi connectivity index (χ1n) is 3.96. The Kier molecular flexibility index (Phi) is 3.09. The van der Waals surface area contributed by atoms with Crippen LogP contribution in [0.25, 0.3) is 5.69 Å². The van der Waals surface area contributed by atoms with Gasteiger partial charge in [0.05, 0.1) is 0 Å². The number of rotatable bonds is 1. The highest BCUT2D eigenvalue weighted by atomic mass is 35.5. The summed E-state index contributed by atoms with van der Waals surface area (Å²) in [5.74, 6) is 0.491. The Morgan fingerprint density at radius 1 is 1.43 bits per heavy atom. The molecule has 0 spiro atoms. The highest BCUT2D eigenvalue weighted by Gasteiger charge is 2.11. The fraction of sp³-hybridized carbons (Fsp3) is 0.111. The number of halogens is 1. The molecule has 0 bridgehead atoms. The number of nitrogens with zero attached hydrogens (tertiary/aromatic N) is 2. The van der Waals surface area contributed by atoms with Crippen LogP contribution in [0.3, 0.4) is 0 Å². The standard InChI is InChI=1S/C9H10N3O.ClH/c1-7-3-2-4-8(5-7)12-9(10)6-13-11-12;/h2-6H,10H2,1H3;1H/q+1;/p-1. The van der Waals surface area contributed by atoms with E-state index < -0.39 is 0 Å². The third-order valence-corrected chi connectivity index (χ3v) is 1.79. The molecule has 1 heterocycles. The number of anilines is 1. The first kappa shape index (κ1) is 10.5. The zero-order chi connectivity index (χ0) is 9.26. The van der Waals surface area contributed by atoms with E-state index in [9.17, 15) is 0 Å². The van der Waals surface area contributed by atoms with Crippen molar-refractivity contribution in [1.29, 1.82) is 0 Å². The second-order valence-electron chi connectivity index (χ2n) is 2.88. The van der Waals surface area contributed by atoms with E-state index in [1.165, 1.54) is 6.26 Å². The molecule has 0 aliphatic heterocycles. The van der Waals surface area contributed by atoms with Crippen LogP contribution in [0.5, 0.6) is 0 Å². The van der Waals surface area contributed by atoms with Gasteiger partial charge in [-0.3, -0.25) is 5.73 Å². The van der Waals surface area contributed by atoms with Crippen LogP contribution in [0, 0.1) is 6.92 Å². The smallest absolute Gasteiger partial charge is 0.339 e. The molecule has 0 saturated carbocycles. The van der Waals surface area contributed by atoms with Crippen LogP contribution in [0.1, 0.15) is 5.56 Å². The molecule has 0 unspecified atom stereocenters. The zero-order valence-corrected chi connectivity index (χ0v) is 8.40. The van der Waals surface area contributed by atoms with Gasteiger partial charge in [-0.2, -0.15) is 0 Å². The molecule has 0 fully saturated rings. The van der Waals surface area contributed by atoms with E-state index in [-0.39, 0.29) is 12.4 Å². The molecule has 5 heteroatoms. The topological polar surface area (TPSA) is 55.9 Å². The predicted octanol–water partition coefficient (Wildman–Crippen LogP) is -2.15. The number of benzene rings is 1. The molecular formula is C9H10ClN3O. The van der Waals surface area contributed by atoms with Crippen molar-refractivity contribution in [2.24, 2.45) is 0 Å². The van der Waals surface area contributed by atoms with Crippen molar-refractivity contribution in [2.45, 2.75) is 6.92 Å². The van der Waals surface area contributed by atoms with Crippen LogP contribution in [0.4, 0.5) is 5.82 Å². The summed E-state index contributed by atoms with van der Waals surface area (Å²) >= 11 is 0. The zero-order valence-electron chi connectivity index (χ0n) is 7.64. The lowest BCUT2D eigenvalue weighted by Gasteiger charge is -1.94. The summed E-state index contributed by atoms with van der Waals surface area (Å²) in [4.78, 5) is 0. The van der Waals surface area contributed by atoms with Gasteiger partial charge in [-0.25, -0.2) is 0 Å². The first-order chi connectivity index (χ1) is 6.27. The molecular weight excluding hydrogens is 202 g/mol. The van der Waals surface area contributed by atoms with E-state index in [4.69, 9.17) is 10.3 Å². The van der Waals surface area contributed by atoms with Gasteiger partial charge < -0.3 is 16.9 Å². The number of nitrogen functional groups attached to an aromatic ring is 1. The molecule has 2 N–H and O–H groups in total. The summed E-state index contributed by atoms with van der Waals surface area (Å²) in [7, 11) is 0. The molecule has 2 rings (SSSR count). The summed E-state index contributed by atoms with van der Waals surface area (Å²) in [5.41, 5.74) is 7.70. The third kappa shape index (κ3) is 1.85. The Bertz CT molecular complexity index is 428. The molecule has 1 aromatic heterocycles. The highest BCUT2D eigenvalue weighted by Crippen LogP contribution is 2.04. The van der Waals surface area contributed by atoms with Gasteiger partial charge in [0.1, 0.15) is 5.27 Å². The summed E-state index contributed by atoms with van der Waals surface area (Å²) in [5, 5.41) is 3.74. The molecule has 0 aliphatic carbocycles. The van der Waals surface area contributed by atoms with Gasteiger partial charge in [0.15, 0.2) is 5.69 Å². The number of hydrogen-bond donors (Lipinski definition) is 1. The lowest BCUT2D eigenvalue weighted by atomic mass is 10.2. The molecule has 0 atom stereocenters. The normalized spacial score (nSPS) is 9.50. The molecule has 0 amide bonds. The van der Waals surface area contributed by atoms with Crippen molar-refractivity contribution in [1.82, 2.24) is 5.27 Å². The van der Waals surface area contributed by atoms with Crippen LogP contribution in [0.2, 0.25) is 0 Å². The quantitative estimate of drug-likeness (QED) is 0.547. The van der Waals surface area contributed by atoms with E-state index in [1.54, 1.807) is 4.68 Å². The molecule has 14 heavy (non-hydrogen) atoms. The average Bonchev–Trinajstić information content (AvgIpc) is 2.51. The van der Waals surface area contributed by atoms with Gasteiger partial charge in [-0.05, 0) is 24.6 Å². The van der Waals surface area contributed by atoms with Crippen LogP contribution < -0.4 is 22.8 Å². The van der Waals surface area contributed by atoms with Crippen molar-refractivity contribution in [3.63, 3.8) is 0 Å². The highest BCUT2D eigenvalue weighted by molar-refractivity contribution is 5.29. The SMILES string of the molecule is Cc1cccc(-[n+]2nocc2N)c1.[Cl-]. The average molecular weight is 212 g/mol. The second-order valence-corrected chi connectivity index (χ2v) is 2.88. The van der Waals surface area contributed by atoms with E-state index >= 15 is 0 Å². The fourth-order valence-corrected chi connectivity index (χ4v) is 1.18. The maximum absolute atomic E-state index is 5.63. The maximum atomic E-state index is 5.63. The van der Waals surface area contributed by atoms with Gasteiger partial charge in [-0.15, -0.1) is 0 Å². The van der Waals surface area contributed by atoms with E-state index in [1.807, 2.05) is 31.2 Å². The number of hydrogen-bond acceptors (Lipinski definition) is 3. The summed E-state index contributed by atoms with van der Waals surface area (Å²) in [6.45, 7) is 2.01. The van der Waals surface area contributed by atoms with Crippen LogP contribution in [0.15, 0.2) is 35.1 Å². The summed E-state index contributed by atoms with van der Waals surface area (Å²) < 4.78 is 6.28. The molecule has 2 aromatic rings. The monoisotopic (exact) mass is 211 g/mol. The third-order valence-electron chi connectivity index (χ3n) is 1.79. The maximum Gasteiger partial charge on any atom is 0.339 e. The van der Waals surface area contributed by atoms with Crippen LogP contribution in [-0.4, -0.2) is 5.27 Å². The Labute approximate surface area is 87.7 Å². The first-order valence-corrected chi connectivity index (χ1v) is 3.96. The predicted molar refractivity (Wildman–Crippen MR) is 47.2 cm³/mol. The minimum Gasteiger partial charge on any atom is -1.00 e. The largest absolute Gasteiger partial charge is 1.00 e. The minimum atomic E-state index is 0. The second kappa shape index (κ2) is 4.11. The number of aromatic nitrogens is 2. The number of nitrogens with two attached hydrogens (primary N) is 1. The molecule has 4 nitrogen and oxygen atoms in total. The van der Waals surface area contributed by atoms with Crippen molar-refractivity contribution < 1.29 is 21.6 Å². The Morgan fingerprint density at radius 2 is 2.21 bits per heavy atom. The van der Waals surface area contributed by atoms with E-state index in [0.29, 0.717) is 5.82 Å². The molecule has 74 valence electrons. The Hall–Kier alpha value is -1.55. The Morgan fingerprint density at radius 3 is 2.79 bits per heavy atom. The van der Waals surface area contributed by atoms with E-state index in [0.717, 1.165) is 11.3 Å². The van der Waals surface area contributed by atoms with Crippen molar-refractivity contribution >= 4 is 5.82 Å². The fourth-order valence-electron chi connectivity index (χ4n) is 1.18. The van der Waals surface area contributed by atoms with Gasteiger partial charge in [0, 0.05) is 0 Å². The van der Waals surface area contributed by atoms with Crippen LogP contribution >= 0.6 is 0 Å². The molecule has 0 saturated heterocycles. The lowest BCUT2D eigenvalue weighted by molar-refractivity contribution is -0.657. The van der Waals surface area contributed by atoms with Crippen molar-refractivity contribution in [3.05, 3.63) is 36.1 Å². The Balaban J connectivity index is 0.000000980. The minimum absolute atomic E-state index is 0. The lowest BCUT2D eigenvalue weighted by Crippen LogP contribution is -3.00. The molecule has 1 aromatic carbocycles. The van der Waals surface area contributed by atoms with Gasteiger partial charge in [-0.1, -0.05) is 16.8 Å². The number of aryl methyl sites for hydroxylation is 1. The van der Waals surface area contributed by atoms with E-state index in [2.05, 4.69) is 5.27 Å². The summed E-state index contributed by atoms with van der Waals surface area (Å²) in [6, 6.07) is 7.87. The van der Waals surface area contributed by atoms with Crippen LogP contribution in [-0.2, 0) is 0 Å². The van der Waals surface area contributed by atoms with Gasteiger partial charge in [0.2, 0.25) is 6.26 Å².